The van der Waals surface area contributed by atoms with Crippen molar-refractivity contribution < 1.29 is 28.5 Å². The summed E-state index contributed by atoms with van der Waals surface area (Å²) in [5.74, 6) is 2.69. The third-order valence-corrected chi connectivity index (χ3v) is 10.3. The van der Waals surface area contributed by atoms with E-state index in [1.807, 2.05) is 60.8 Å². The quantitative estimate of drug-likeness (QED) is 0.0588. The molecule has 0 radical (unpaired) electrons. The van der Waals surface area contributed by atoms with Crippen molar-refractivity contribution in [1.29, 1.82) is 0 Å². The van der Waals surface area contributed by atoms with Crippen LogP contribution in [-0.2, 0) is 38.3 Å². The molecule has 0 N–H and O–H groups in total. The van der Waals surface area contributed by atoms with Crippen LogP contribution in [-0.4, -0.2) is 50.4 Å². The number of thioether (sulfide) groups is 2. The number of hydrogen-bond donors (Lipinski definition) is 0. The van der Waals surface area contributed by atoms with Gasteiger partial charge in [0.25, 0.3) is 0 Å². The molecule has 0 saturated carbocycles. The Labute approximate surface area is 286 Å². The fourth-order valence-electron chi connectivity index (χ4n) is 5.66. The maximum atomic E-state index is 11.6. The topological polar surface area (TPSA) is 71.1 Å². The van der Waals surface area contributed by atoms with Crippen LogP contribution in [0.1, 0.15) is 47.6 Å². The van der Waals surface area contributed by atoms with Crippen LogP contribution < -0.4 is 9.47 Å². The van der Waals surface area contributed by atoms with E-state index in [4.69, 9.17) is 14.2 Å². The monoisotopic (exact) mass is 670 g/mol. The molecule has 1 aliphatic rings. The second-order valence-electron chi connectivity index (χ2n) is 11.6. The molecule has 8 heteroatoms. The van der Waals surface area contributed by atoms with Gasteiger partial charge in [-0.05, 0) is 139 Å². The third kappa shape index (κ3) is 9.58. The van der Waals surface area contributed by atoms with E-state index < -0.39 is 6.10 Å². The van der Waals surface area contributed by atoms with Crippen molar-refractivity contribution in [2.45, 2.75) is 61.8 Å². The summed E-state index contributed by atoms with van der Waals surface area (Å²) in [5, 5.41) is 0. The first kappa shape index (κ1) is 34.5. The summed E-state index contributed by atoms with van der Waals surface area (Å²) in [4.78, 5) is 25.3. The molecule has 0 amide bonds. The van der Waals surface area contributed by atoms with Crippen molar-refractivity contribution in [2.24, 2.45) is 0 Å². The fraction of sp³-hybridized carbons (Fsp3) is 0.333. The lowest BCUT2D eigenvalue weighted by molar-refractivity contribution is -0.148. The fourth-order valence-corrected chi connectivity index (χ4v) is 7.46. The molecule has 0 heterocycles. The highest BCUT2D eigenvalue weighted by atomic mass is 32.2. The average molecular weight is 671 g/mol. The normalized spacial score (nSPS) is 12.2. The minimum absolute atomic E-state index is 0.0767. The Morgan fingerprint density at radius 1 is 0.745 bits per heavy atom. The first-order valence-corrected chi connectivity index (χ1v) is 17.9. The van der Waals surface area contributed by atoms with Gasteiger partial charge in [0.1, 0.15) is 11.5 Å². The molecule has 0 aliphatic heterocycles. The van der Waals surface area contributed by atoms with E-state index >= 15 is 0 Å². The first-order valence-electron chi connectivity index (χ1n) is 16.0. The minimum atomic E-state index is -0.625. The second-order valence-corrected chi connectivity index (χ2v) is 13.9. The maximum absolute atomic E-state index is 11.6. The van der Waals surface area contributed by atoms with Crippen LogP contribution in [0.5, 0.6) is 11.5 Å². The average Bonchev–Trinajstić information content (AvgIpc) is 3.45. The summed E-state index contributed by atoms with van der Waals surface area (Å²) in [7, 11) is 2.72. The van der Waals surface area contributed by atoms with Crippen molar-refractivity contribution in [3.63, 3.8) is 0 Å². The van der Waals surface area contributed by atoms with Gasteiger partial charge in [0.2, 0.25) is 0 Å². The molecule has 5 rings (SSSR count). The molecule has 246 valence electrons. The summed E-state index contributed by atoms with van der Waals surface area (Å²) < 4.78 is 20.6. The molecule has 0 fully saturated rings. The standard InChI is InChI=1S/C39H42O6S2/c1-26-21-34(15-18-37(26)44-25-38(40)42-3)47-20-6-8-29-10-17-36-31(23-29)24-30-22-28(9-16-35(30)36)7-5-19-46-33-13-11-32(12-14-33)45-27(2)39(41)43-4/h9-18,21-23,27H,5-8,19-20,24-25H2,1-4H3. The largest absolute Gasteiger partial charge is 0.482 e. The number of esters is 2. The zero-order valence-electron chi connectivity index (χ0n) is 27.5. The van der Waals surface area contributed by atoms with Crippen LogP contribution in [0.15, 0.2) is 88.7 Å². The zero-order valence-corrected chi connectivity index (χ0v) is 29.1. The maximum Gasteiger partial charge on any atom is 0.346 e. The van der Waals surface area contributed by atoms with E-state index in [0.717, 1.165) is 49.2 Å². The summed E-state index contributed by atoms with van der Waals surface area (Å²) in [5.41, 5.74) is 9.43. The highest BCUT2D eigenvalue weighted by molar-refractivity contribution is 7.99. The Morgan fingerprint density at radius 2 is 1.34 bits per heavy atom. The van der Waals surface area contributed by atoms with Crippen LogP contribution in [0, 0.1) is 6.92 Å². The lowest BCUT2D eigenvalue weighted by atomic mass is 10.0. The number of carbonyl (C=O) groups is 2. The Hall–Kier alpha value is -3.88. The van der Waals surface area contributed by atoms with E-state index in [1.165, 1.54) is 57.4 Å². The van der Waals surface area contributed by atoms with E-state index in [0.29, 0.717) is 11.5 Å². The van der Waals surface area contributed by atoms with Crippen LogP contribution in [0.4, 0.5) is 0 Å². The molecule has 4 aromatic rings. The molecule has 0 bridgehead atoms. The van der Waals surface area contributed by atoms with Gasteiger partial charge < -0.3 is 18.9 Å². The van der Waals surface area contributed by atoms with Crippen LogP contribution in [0.3, 0.4) is 0 Å². The summed E-state index contributed by atoms with van der Waals surface area (Å²) in [6.45, 7) is 3.61. The Morgan fingerprint density at radius 3 is 1.91 bits per heavy atom. The number of ether oxygens (including phenoxy) is 4. The number of rotatable bonds is 16. The SMILES string of the molecule is COC(=O)COc1ccc(SCCCc2ccc3c(c2)Cc2cc(CCCSc4ccc(OC(C)C(=O)OC)cc4)ccc2-3)cc1C. The Balaban J connectivity index is 1.04. The molecule has 1 unspecified atom stereocenters. The van der Waals surface area contributed by atoms with Crippen LogP contribution >= 0.6 is 23.5 Å². The number of methoxy groups -OCH3 is 2. The molecule has 6 nitrogen and oxygen atoms in total. The van der Waals surface area contributed by atoms with Gasteiger partial charge >= 0.3 is 11.9 Å². The smallest absolute Gasteiger partial charge is 0.346 e. The van der Waals surface area contributed by atoms with Gasteiger partial charge in [0, 0.05) is 9.79 Å². The highest BCUT2D eigenvalue weighted by Gasteiger charge is 2.19. The molecule has 0 saturated heterocycles. The first-order chi connectivity index (χ1) is 22.8. The van der Waals surface area contributed by atoms with Crippen molar-refractivity contribution >= 4 is 35.5 Å². The summed E-state index contributed by atoms with van der Waals surface area (Å²) in [6.07, 6.45) is 4.69. The van der Waals surface area contributed by atoms with Gasteiger partial charge in [-0.25, -0.2) is 9.59 Å². The zero-order chi connectivity index (χ0) is 33.2. The molecule has 0 spiro atoms. The van der Waals surface area contributed by atoms with Crippen molar-refractivity contribution in [2.75, 3.05) is 32.3 Å². The lowest BCUT2D eigenvalue weighted by Crippen LogP contribution is -2.24. The van der Waals surface area contributed by atoms with Crippen molar-refractivity contribution in [3.05, 3.63) is 107 Å². The Kier molecular flexibility index (Phi) is 12.3. The number of benzene rings is 4. The van der Waals surface area contributed by atoms with Crippen molar-refractivity contribution in [1.82, 2.24) is 0 Å². The number of hydrogen-bond acceptors (Lipinski definition) is 8. The van der Waals surface area contributed by atoms with E-state index in [-0.39, 0.29) is 18.5 Å². The highest BCUT2D eigenvalue weighted by Crippen LogP contribution is 2.38. The molecular formula is C39H42O6S2. The van der Waals surface area contributed by atoms with Crippen LogP contribution in [0.2, 0.25) is 0 Å². The predicted octanol–water partition coefficient (Wildman–Crippen LogP) is 8.51. The predicted molar refractivity (Wildman–Crippen MR) is 190 cm³/mol. The molecule has 1 aliphatic carbocycles. The minimum Gasteiger partial charge on any atom is -0.482 e. The Bertz CT molecular complexity index is 1680. The third-order valence-electron chi connectivity index (χ3n) is 8.16. The summed E-state index contributed by atoms with van der Waals surface area (Å²) >= 11 is 3.69. The van der Waals surface area contributed by atoms with Crippen LogP contribution in [0.25, 0.3) is 11.1 Å². The molecule has 47 heavy (non-hydrogen) atoms. The van der Waals surface area contributed by atoms with E-state index in [9.17, 15) is 9.59 Å². The van der Waals surface area contributed by atoms with Gasteiger partial charge in [-0.2, -0.15) is 0 Å². The lowest BCUT2D eigenvalue weighted by Gasteiger charge is -2.12. The van der Waals surface area contributed by atoms with Gasteiger partial charge in [-0.3, -0.25) is 0 Å². The van der Waals surface area contributed by atoms with Gasteiger partial charge in [0.15, 0.2) is 12.7 Å². The number of aryl methyl sites for hydroxylation is 3. The number of carbonyl (C=O) groups excluding carboxylic acids is 2. The molecular weight excluding hydrogens is 629 g/mol. The number of fused-ring (bicyclic) bond motifs is 3. The van der Waals surface area contributed by atoms with E-state index in [2.05, 4.69) is 53.3 Å². The van der Waals surface area contributed by atoms with Crippen molar-refractivity contribution in [3.8, 4) is 22.6 Å². The summed E-state index contributed by atoms with van der Waals surface area (Å²) in [6, 6.07) is 28.0. The molecule has 1 atom stereocenters. The second kappa shape index (κ2) is 16.8. The van der Waals surface area contributed by atoms with Gasteiger partial charge in [-0.15, -0.1) is 23.5 Å². The van der Waals surface area contributed by atoms with E-state index in [1.54, 1.807) is 6.92 Å². The van der Waals surface area contributed by atoms with Gasteiger partial charge in [-0.1, -0.05) is 36.4 Å². The molecule has 4 aromatic carbocycles. The molecule has 0 aromatic heterocycles. The van der Waals surface area contributed by atoms with Gasteiger partial charge in [0.05, 0.1) is 14.2 Å².